The Bertz CT molecular complexity index is 1210. The van der Waals surface area contributed by atoms with Crippen molar-refractivity contribution in [1.29, 1.82) is 0 Å². The Kier molecular flexibility index (Phi) is 7.30. The van der Waals surface area contributed by atoms with Gasteiger partial charge in [-0.3, -0.25) is 0 Å². The first kappa shape index (κ1) is 24.6. The van der Waals surface area contributed by atoms with Gasteiger partial charge in [-0.15, -0.1) is 0 Å². The highest BCUT2D eigenvalue weighted by Gasteiger charge is 2.45. The highest BCUT2D eigenvalue weighted by molar-refractivity contribution is 7.90. The zero-order chi connectivity index (χ0) is 24.2. The molecule has 2 aromatic carbocycles. The van der Waals surface area contributed by atoms with Crippen LogP contribution in [0.15, 0.2) is 49.1 Å². The van der Waals surface area contributed by atoms with Crippen LogP contribution in [0.25, 0.3) is 0 Å². The quantitative estimate of drug-likeness (QED) is 0.454. The van der Waals surface area contributed by atoms with Crippen molar-refractivity contribution in [2.24, 2.45) is 0 Å². The van der Waals surface area contributed by atoms with Crippen LogP contribution >= 0.6 is 0 Å². The molecule has 3 rings (SSSR count). The summed E-state index contributed by atoms with van der Waals surface area (Å²) in [6, 6.07) is 7.42. The van der Waals surface area contributed by atoms with E-state index in [0.29, 0.717) is 23.1 Å². The van der Waals surface area contributed by atoms with Gasteiger partial charge in [-0.1, -0.05) is 12.1 Å². The van der Waals surface area contributed by atoms with E-state index in [1.807, 2.05) is 0 Å². The van der Waals surface area contributed by atoms with Crippen molar-refractivity contribution >= 4 is 10.0 Å². The summed E-state index contributed by atoms with van der Waals surface area (Å²) in [5.74, 6) is -1.05. The standard InChI is InChI=1S/C21H24F2N4O5S/c1-14(33(29,30)26-10-15-4-7-19(31-2)20(8-15)32-3)21(28,11-27-13-24-12-25-27)17-6-5-16(22)9-18(17)23/h4-9,12-14,26,28H,10-11H2,1-3H3/t14-,21-/m1/s1. The van der Waals surface area contributed by atoms with Crippen LogP contribution in [0.4, 0.5) is 8.78 Å². The molecule has 0 aliphatic rings. The molecule has 2 N–H and O–H groups in total. The predicted molar refractivity (Wildman–Crippen MR) is 115 cm³/mol. The lowest BCUT2D eigenvalue weighted by atomic mass is 9.90. The minimum atomic E-state index is -4.22. The molecule has 0 fully saturated rings. The van der Waals surface area contributed by atoms with Gasteiger partial charge in [0.05, 0.1) is 20.8 Å². The van der Waals surface area contributed by atoms with Crippen LogP contribution in [0.1, 0.15) is 18.1 Å². The molecule has 1 aromatic heterocycles. The summed E-state index contributed by atoms with van der Waals surface area (Å²) in [5.41, 5.74) is -2.12. The number of halogens is 2. The summed E-state index contributed by atoms with van der Waals surface area (Å²) in [4.78, 5) is 3.76. The number of hydrogen-bond acceptors (Lipinski definition) is 7. The number of aliphatic hydroxyl groups is 1. The van der Waals surface area contributed by atoms with E-state index in [4.69, 9.17) is 9.47 Å². The fraction of sp³-hybridized carbons (Fsp3) is 0.333. The first-order valence-corrected chi connectivity index (χ1v) is 11.3. The maximum Gasteiger partial charge on any atom is 0.217 e. The molecule has 0 aliphatic carbocycles. The summed E-state index contributed by atoms with van der Waals surface area (Å²) in [6.07, 6.45) is 2.44. The summed E-state index contributed by atoms with van der Waals surface area (Å²) in [7, 11) is -1.29. The number of hydrogen-bond donors (Lipinski definition) is 2. The monoisotopic (exact) mass is 482 g/mol. The van der Waals surface area contributed by atoms with E-state index in [0.717, 1.165) is 12.1 Å². The maximum atomic E-state index is 14.6. The van der Waals surface area contributed by atoms with Gasteiger partial charge in [0.2, 0.25) is 10.0 Å². The van der Waals surface area contributed by atoms with E-state index < -0.39 is 39.1 Å². The van der Waals surface area contributed by atoms with Crippen molar-refractivity contribution in [3.05, 3.63) is 71.8 Å². The Hall–Kier alpha value is -3.09. The Morgan fingerprint density at radius 3 is 2.48 bits per heavy atom. The van der Waals surface area contributed by atoms with Crippen LogP contribution in [-0.2, 0) is 28.7 Å². The lowest BCUT2D eigenvalue weighted by Gasteiger charge is -2.34. The van der Waals surface area contributed by atoms with E-state index in [1.54, 1.807) is 18.2 Å². The van der Waals surface area contributed by atoms with Crippen LogP contribution in [0.2, 0.25) is 0 Å². The number of methoxy groups -OCH3 is 2. The van der Waals surface area contributed by atoms with Crippen LogP contribution in [0, 0.1) is 11.6 Å². The molecule has 0 bridgehead atoms. The van der Waals surface area contributed by atoms with Crippen LogP contribution in [-0.4, -0.2) is 47.8 Å². The molecule has 2 atom stereocenters. The van der Waals surface area contributed by atoms with Crippen molar-refractivity contribution in [2.75, 3.05) is 14.2 Å². The molecule has 9 nitrogen and oxygen atoms in total. The topological polar surface area (TPSA) is 116 Å². The van der Waals surface area contributed by atoms with E-state index in [1.165, 1.54) is 38.5 Å². The molecule has 3 aromatic rings. The molecule has 0 unspecified atom stereocenters. The van der Waals surface area contributed by atoms with Gasteiger partial charge in [-0.05, 0) is 30.7 Å². The van der Waals surface area contributed by atoms with Gasteiger partial charge in [0, 0.05) is 18.2 Å². The molecular weight excluding hydrogens is 458 g/mol. The predicted octanol–water partition coefficient (Wildman–Crippen LogP) is 1.97. The molecule has 0 saturated carbocycles. The lowest BCUT2D eigenvalue weighted by Crippen LogP contribution is -2.50. The van der Waals surface area contributed by atoms with E-state index in [9.17, 15) is 22.3 Å². The Labute approximate surface area is 190 Å². The Balaban J connectivity index is 1.92. The third-order valence-electron chi connectivity index (χ3n) is 5.33. The van der Waals surface area contributed by atoms with Gasteiger partial charge in [0.1, 0.15) is 35.1 Å². The van der Waals surface area contributed by atoms with E-state index in [2.05, 4.69) is 14.8 Å². The van der Waals surface area contributed by atoms with Crippen LogP contribution in [0.5, 0.6) is 11.5 Å². The molecule has 0 aliphatic heterocycles. The first-order chi connectivity index (χ1) is 15.6. The number of nitrogens with zero attached hydrogens (tertiary/aromatic N) is 3. The number of sulfonamides is 1. The van der Waals surface area contributed by atoms with Crippen molar-refractivity contribution in [3.63, 3.8) is 0 Å². The summed E-state index contributed by atoms with van der Waals surface area (Å²) >= 11 is 0. The zero-order valence-corrected chi connectivity index (χ0v) is 19.0. The molecule has 0 amide bonds. The van der Waals surface area contributed by atoms with Crippen molar-refractivity contribution < 1.29 is 31.8 Å². The second-order valence-corrected chi connectivity index (χ2v) is 9.42. The third kappa shape index (κ3) is 5.29. The highest BCUT2D eigenvalue weighted by atomic mass is 32.2. The van der Waals surface area contributed by atoms with Crippen LogP contribution < -0.4 is 14.2 Å². The van der Waals surface area contributed by atoms with Gasteiger partial charge in [-0.25, -0.2) is 31.6 Å². The largest absolute Gasteiger partial charge is 0.493 e. The number of nitrogens with one attached hydrogen (secondary N) is 1. The molecule has 0 saturated heterocycles. The SMILES string of the molecule is COc1ccc(CNS(=O)(=O)[C@H](C)[C@](O)(Cn2cncn2)c2ccc(F)cc2F)cc1OC. The Morgan fingerprint density at radius 1 is 1.15 bits per heavy atom. The smallest absolute Gasteiger partial charge is 0.217 e. The van der Waals surface area contributed by atoms with Crippen molar-refractivity contribution in [2.45, 2.75) is 30.9 Å². The third-order valence-corrected chi connectivity index (χ3v) is 7.20. The fourth-order valence-electron chi connectivity index (χ4n) is 3.39. The summed E-state index contributed by atoms with van der Waals surface area (Å²) in [6.45, 7) is 0.670. The minimum Gasteiger partial charge on any atom is -0.493 e. The zero-order valence-electron chi connectivity index (χ0n) is 18.2. The molecular formula is C21H24F2N4O5S. The number of aromatic nitrogens is 3. The highest BCUT2D eigenvalue weighted by Crippen LogP contribution is 2.33. The molecule has 178 valence electrons. The van der Waals surface area contributed by atoms with Gasteiger partial charge < -0.3 is 14.6 Å². The van der Waals surface area contributed by atoms with Gasteiger partial charge in [-0.2, -0.15) is 5.10 Å². The summed E-state index contributed by atoms with van der Waals surface area (Å²) < 4.78 is 68.4. The summed E-state index contributed by atoms with van der Waals surface area (Å²) in [5, 5.41) is 13.8. The van der Waals surface area contributed by atoms with Gasteiger partial charge in [0.25, 0.3) is 0 Å². The Morgan fingerprint density at radius 2 is 1.88 bits per heavy atom. The van der Waals surface area contributed by atoms with Gasteiger partial charge in [0.15, 0.2) is 11.5 Å². The maximum absolute atomic E-state index is 14.6. The molecule has 33 heavy (non-hydrogen) atoms. The average molecular weight is 483 g/mol. The van der Waals surface area contributed by atoms with Crippen molar-refractivity contribution in [1.82, 2.24) is 19.5 Å². The second kappa shape index (κ2) is 9.81. The number of ether oxygens (including phenoxy) is 2. The number of benzene rings is 2. The first-order valence-electron chi connectivity index (χ1n) is 9.80. The van der Waals surface area contributed by atoms with Crippen LogP contribution in [0.3, 0.4) is 0 Å². The lowest BCUT2D eigenvalue weighted by molar-refractivity contribution is 0.0107. The second-order valence-electron chi connectivity index (χ2n) is 7.34. The van der Waals surface area contributed by atoms with E-state index >= 15 is 0 Å². The van der Waals surface area contributed by atoms with E-state index in [-0.39, 0.29) is 12.1 Å². The normalized spacial score (nSPS) is 14.5. The van der Waals surface area contributed by atoms with Crippen molar-refractivity contribution in [3.8, 4) is 11.5 Å². The number of rotatable bonds is 10. The minimum absolute atomic E-state index is 0.127. The fourth-order valence-corrected chi connectivity index (χ4v) is 4.72. The molecule has 1 heterocycles. The van der Waals surface area contributed by atoms with Gasteiger partial charge >= 0.3 is 0 Å². The average Bonchev–Trinajstić information content (AvgIpc) is 3.29. The molecule has 0 spiro atoms. The molecule has 0 radical (unpaired) electrons. The molecule has 12 heteroatoms.